The lowest BCUT2D eigenvalue weighted by atomic mass is 9.92. The molecule has 212 valence electrons. The van der Waals surface area contributed by atoms with Crippen molar-refractivity contribution in [3.63, 3.8) is 0 Å². The second-order valence-corrected chi connectivity index (χ2v) is 10.8. The first-order valence-corrected chi connectivity index (χ1v) is 13.8. The molecule has 0 unspecified atom stereocenters. The average Bonchev–Trinajstić information content (AvgIpc) is 3.39. The van der Waals surface area contributed by atoms with Crippen molar-refractivity contribution >= 4 is 17.2 Å². The molecule has 0 radical (unpaired) electrons. The summed E-state index contributed by atoms with van der Waals surface area (Å²) in [5.41, 5.74) is -1.29. The molecular formula is C27H30F2N6O4S. The van der Waals surface area contributed by atoms with E-state index in [1.165, 1.54) is 16.9 Å². The third-order valence-corrected chi connectivity index (χ3v) is 8.59. The molecule has 1 amide bonds. The number of piperidine rings is 1. The minimum absolute atomic E-state index is 0.0541. The number of halogens is 2. The van der Waals surface area contributed by atoms with Gasteiger partial charge in [0.15, 0.2) is 22.3 Å². The quantitative estimate of drug-likeness (QED) is 0.431. The van der Waals surface area contributed by atoms with E-state index in [1.807, 2.05) is 30.8 Å². The van der Waals surface area contributed by atoms with Crippen molar-refractivity contribution in [3.05, 3.63) is 75.0 Å². The predicted octanol–water partition coefficient (Wildman–Crippen LogP) is 3.28. The number of amides is 1. The van der Waals surface area contributed by atoms with Crippen LogP contribution in [0.3, 0.4) is 0 Å². The van der Waals surface area contributed by atoms with Crippen LogP contribution < -0.4 is 10.4 Å². The van der Waals surface area contributed by atoms with Gasteiger partial charge >= 0.3 is 0 Å². The summed E-state index contributed by atoms with van der Waals surface area (Å²) in [6, 6.07) is 3.29. The third-order valence-electron chi connectivity index (χ3n) is 7.64. The molecule has 1 fully saturated rings. The van der Waals surface area contributed by atoms with Gasteiger partial charge in [-0.15, -0.1) is 10.2 Å². The Morgan fingerprint density at radius 1 is 1.20 bits per heavy atom. The highest BCUT2D eigenvalue weighted by Crippen LogP contribution is 2.39. The lowest BCUT2D eigenvalue weighted by molar-refractivity contribution is -0.00636. The molecule has 1 aromatic carbocycles. The van der Waals surface area contributed by atoms with Crippen LogP contribution in [-0.4, -0.2) is 74.6 Å². The Morgan fingerprint density at radius 2 is 1.93 bits per heavy atom. The number of aromatic hydroxyl groups is 1. The zero-order chi connectivity index (χ0) is 28.8. The van der Waals surface area contributed by atoms with Crippen LogP contribution in [0.5, 0.6) is 5.75 Å². The number of ether oxygens (including phenoxy) is 1. The van der Waals surface area contributed by atoms with Crippen molar-refractivity contribution in [2.24, 2.45) is 0 Å². The lowest BCUT2D eigenvalue weighted by Crippen LogP contribution is -2.71. The Morgan fingerprint density at radius 3 is 2.58 bits per heavy atom. The number of carbonyl (C=O) groups excluding carboxylic acids is 1. The second kappa shape index (κ2) is 10.5. The monoisotopic (exact) mass is 572 g/mol. The standard InChI is InChI=1S/C27H30F2N6O4S/c1-5-34-26(38)22-24(37)23(36)19(25-31-30-21(40-25)13-17-7-8-18(28)14-20(17)29)15-35(22)32(4)27(34)9-11-33(12-10-27)16(3)39-6-2/h7-8,14-15,37H,3,5-6,9-13H2,1-2,4H3. The molecule has 1 saturated heterocycles. The second-order valence-electron chi connectivity index (χ2n) is 9.70. The van der Waals surface area contributed by atoms with Gasteiger partial charge in [-0.25, -0.2) is 8.78 Å². The van der Waals surface area contributed by atoms with Gasteiger partial charge in [-0.3, -0.25) is 19.3 Å². The van der Waals surface area contributed by atoms with Gasteiger partial charge in [-0.2, -0.15) is 0 Å². The van der Waals surface area contributed by atoms with Crippen LogP contribution in [0.25, 0.3) is 10.6 Å². The van der Waals surface area contributed by atoms with E-state index in [0.29, 0.717) is 50.0 Å². The molecule has 0 bridgehead atoms. The Hall–Kier alpha value is -4.00. The molecule has 0 saturated carbocycles. The Bertz CT molecular complexity index is 1530. The molecule has 2 aromatic heterocycles. The summed E-state index contributed by atoms with van der Waals surface area (Å²) in [4.78, 5) is 30.7. The molecule has 4 heterocycles. The maximum atomic E-state index is 14.2. The molecule has 5 rings (SSSR count). The summed E-state index contributed by atoms with van der Waals surface area (Å²) in [7, 11) is 1.82. The van der Waals surface area contributed by atoms with E-state index in [9.17, 15) is 23.5 Å². The van der Waals surface area contributed by atoms with E-state index < -0.39 is 34.4 Å². The number of nitrogens with zero attached hydrogens (tertiary/aromatic N) is 6. The van der Waals surface area contributed by atoms with E-state index in [-0.39, 0.29) is 28.2 Å². The number of pyridine rings is 1. The molecule has 3 aromatic rings. The summed E-state index contributed by atoms with van der Waals surface area (Å²) in [6.07, 6.45) is 2.70. The van der Waals surface area contributed by atoms with Crippen LogP contribution in [0.2, 0.25) is 0 Å². The van der Waals surface area contributed by atoms with E-state index in [2.05, 4.69) is 16.8 Å². The van der Waals surface area contributed by atoms with Crippen molar-refractivity contribution in [2.75, 3.05) is 38.3 Å². The Labute approximate surface area is 233 Å². The molecule has 40 heavy (non-hydrogen) atoms. The smallest absolute Gasteiger partial charge is 0.278 e. The molecule has 1 N–H and O–H groups in total. The molecule has 10 nitrogen and oxygen atoms in total. The summed E-state index contributed by atoms with van der Waals surface area (Å²) < 4.78 is 34.6. The number of benzene rings is 1. The van der Waals surface area contributed by atoms with Crippen LogP contribution >= 0.6 is 11.3 Å². The number of hydrogen-bond donors (Lipinski definition) is 1. The molecule has 2 aliphatic heterocycles. The Balaban J connectivity index is 1.51. The average molecular weight is 573 g/mol. The summed E-state index contributed by atoms with van der Waals surface area (Å²) in [6.45, 7) is 9.85. The first-order valence-electron chi connectivity index (χ1n) is 13.0. The summed E-state index contributed by atoms with van der Waals surface area (Å²) in [5, 5.41) is 21.7. The van der Waals surface area contributed by atoms with Crippen molar-refractivity contribution in [2.45, 2.75) is 38.8 Å². The number of aromatic nitrogens is 3. The predicted molar refractivity (Wildman–Crippen MR) is 146 cm³/mol. The Kier molecular flexibility index (Phi) is 7.25. The van der Waals surface area contributed by atoms with Gasteiger partial charge in [0.1, 0.15) is 22.3 Å². The highest BCUT2D eigenvalue weighted by molar-refractivity contribution is 7.14. The summed E-state index contributed by atoms with van der Waals surface area (Å²) in [5.74, 6) is -1.92. The van der Waals surface area contributed by atoms with Crippen LogP contribution in [0.1, 0.15) is 47.7 Å². The first kappa shape index (κ1) is 27.6. The fourth-order valence-corrected chi connectivity index (χ4v) is 6.40. The maximum absolute atomic E-state index is 14.2. The van der Waals surface area contributed by atoms with E-state index in [4.69, 9.17) is 4.74 Å². The van der Waals surface area contributed by atoms with Crippen LogP contribution in [0.15, 0.2) is 41.7 Å². The normalized spacial score (nSPS) is 16.4. The molecule has 2 aliphatic rings. The topological polar surface area (TPSA) is 104 Å². The van der Waals surface area contributed by atoms with Gasteiger partial charge < -0.3 is 19.6 Å². The van der Waals surface area contributed by atoms with Crippen molar-refractivity contribution in [3.8, 4) is 16.3 Å². The minimum Gasteiger partial charge on any atom is -0.502 e. The SMILES string of the molecule is C=C(OCC)N1CCC2(CC1)N(CC)C(=O)c1c(O)c(=O)c(-c3nnc(Cc4ccc(F)cc4F)s3)cn1N2C. The van der Waals surface area contributed by atoms with Gasteiger partial charge in [0.05, 0.1) is 12.2 Å². The van der Waals surface area contributed by atoms with E-state index in [0.717, 1.165) is 23.5 Å². The number of carbonyl (C=O) groups is 1. The van der Waals surface area contributed by atoms with Crippen LogP contribution in [-0.2, 0) is 11.2 Å². The number of fused-ring (bicyclic) bond motifs is 1. The maximum Gasteiger partial charge on any atom is 0.278 e. The van der Waals surface area contributed by atoms with E-state index >= 15 is 0 Å². The highest BCUT2D eigenvalue weighted by atomic mass is 32.1. The largest absolute Gasteiger partial charge is 0.502 e. The minimum atomic E-state index is -0.751. The summed E-state index contributed by atoms with van der Waals surface area (Å²) >= 11 is 1.06. The van der Waals surface area contributed by atoms with Crippen molar-refractivity contribution in [1.82, 2.24) is 24.7 Å². The number of rotatable bonds is 7. The van der Waals surface area contributed by atoms with E-state index in [1.54, 1.807) is 4.90 Å². The van der Waals surface area contributed by atoms with Crippen LogP contribution in [0.4, 0.5) is 8.78 Å². The molecule has 1 spiro atoms. The lowest BCUT2D eigenvalue weighted by Gasteiger charge is -2.57. The molecule has 13 heteroatoms. The number of likely N-dealkylation sites (tertiary alicyclic amines) is 1. The highest BCUT2D eigenvalue weighted by Gasteiger charge is 2.51. The van der Waals surface area contributed by atoms with Crippen molar-refractivity contribution in [1.29, 1.82) is 0 Å². The van der Waals surface area contributed by atoms with Gasteiger partial charge in [-0.05, 0) is 32.1 Å². The fraction of sp³-hybridized carbons (Fsp3) is 0.407. The molecule has 0 aliphatic carbocycles. The third kappa shape index (κ3) is 4.47. The zero-order valence-corrected chi connectivity index (χ0v) is 23.3. The zero-order valence-electron chi connectivity index (χ0n) is 22.5. The first-order chi connectivity index (χ1) is 19.1. The fourth-order valence-electron chi connectivity index (χ4n) is 5.53. The molecular weight excluding hydrogens is 542 g/mol. The van der Waals surface area contributed by atoms with Gasteiger partial charge in [0, 0.05) is 58.2 Å². The molecule has 0 atom stereocenters. The van der Waals surface area contributed by atoms with Crippen LogP contribution in [0, 0.1) is 11.6 Å². The van der Waals surface area contributed by atoms with Gasteiger partial charge in [-0.1, -0.05) is 17.4 Å². The number of hydrogen-bond acceptors (Lipinski definition) is 9. The van der Waals surface area contributed by atoms with Gasteiger partial charge in [0.2, 0.25) is 5.43 Å². The van der Waals surface area contributed by atoms with Crippen molar-refractivity contribution < 1.29 is 23.4 Å². The van der Waals surface area contributed by atoms with Gasteiger partial charge in [0.25, 0.3) is 5.91 Å².